The number of hydrogen-bond donors (Lipinski definition) is 1. The number of aromatic nitrogens is 1. The number of nitrogens with zero attached hydrogens (tertiary/aromatic N) is 2. The summed E-state index contributed by atoms with van der Waals surface area (Å²) in [6.45, 7) is 4.38. The Kier molecular flexibility index (Phi) is 5.01. The van der Waals surface area contributed by atoms with Gasteiger partial charge in [-0.1, -0.05) is 31.5 Å². The molecule has 0 atom stereocenters. The third-order valence-electron chi connectivity index (χ3n) is 4.52. The number of fused-ring (bicyclic) bond motifs is 1. The molecule has 5 nitrogen and oxygen atoms in total. The number of anilines is 1. The summed E-state index contributed by atoms with van der Waals surface area (Å²) in [7, 11) is 0. The zero-order chi connectivity index (χ0) is 19.7. The first-order valence-corrected chi connectivity index (χ1v) is 9.57. The SMILES string of the molecule is CC(C)Cc1cnc2c(c1)CC(c1cc(NC(=O)c3ccco3)ccc1Cl)=N2. The highest BCUT2D eigenvalue weighted by molar-refractivity contribution is 6.34. The van der Waals surface area contributed by atoms with Gasteiger partial charge in [0, 0.05) is 34.5 Å². The number of hydrogen-bond acceptors (Lipinski definition) is 4. The van der Waals surface area contributed by atoms with Crippen molar-refractivity contribution in [2.24, 2.45) is 10.9 Å². The number of nitrogens with one attached hydrogen (secondary N) is 1. The van der Waals surface area contributed by atoms with Crippen molar-refractivity contribution in [2.45, 2.75) is 26.7 Å². The summed E-state index contributed by atoms with van der Waals surface area (Å²) in [5.41, 5.74) is 4.60. The van der Waals surface area contributed by atoms with Crippen LogP contribution in [0, 0.1) is 5.92 Å². The summed E-state index contributed by atoms with van der Waals surface area (Å²) in [6.07, 6.45) is 5.02. The van der Waals surface area contributed by atoms with Gasteiger partial charge in [-0.15, -0.1) is 0 Å². The molecule has 2 aromatic heterocycles. The molecule has 0 saturated heterocycles. The number of aliphatic imine (C=N–C) groups is 1. The van der Waals surface area contributed by atoms with Crippen molar-refractivity contribution in [3.63, 3.8) is 0 Å². The molecule has 0 spiro atoms. The molecule has 0 saturated carbocycles. The van der Waals surface area contributed by atoms with E-state index in [1.165, 1.54) is 11.8 Å². The molecule has 0 bridgehead atoms. The Balaban J connectivity index is 1.56. The van der Waals surface area contributed by atoms with Crippen molar-refractivity contribution in [1.29, 1.82) is 0 Å². The van der Waals surface area contributed by atoms with Gasteiger partial charge in [-0.05, 0) is 48.2 Å². The number of halogens is 1. The fourth-order valence-electron chi connectivity index (χ4n) is 3.29. The molecule has 4 rings (SSSR count). The van der Waals surface area contributed by atoms with Crippen LogP contribution in [0.25, 0.3) is 0 Å². The summed E-state index contributed by atoms with van der Waals surface area (Å²) in [4.78, 5) is 21.4. The minimum Gasteiger partial charge on any atom is -0.459 e. The smallest absolute Gasteiger partial charge is 0.291 e. The normalized spacial score (nSPS) is 12.8. The van der Waals surface area contributed by atoms with E-state index >= 15 is 0 Å². The van der Waals surface area contributed by atoms with E-state index in [2.05, 4.69) is 35.2 Å². The summed E-state index contributed by atoms with van der Waals surface area (Å²) >= 11 is 6.42. The second-order valence-electron chi connectivity index (χ2n) is 7.29. The van der Waals surface area contributed by atoms with E-state index in [0.29, 0.717) is 23.0 Å². The Morgan fingerprint density at radius 2 is 2.14 bits per heavy atom. The Hall–Kier alpha value is -2.92. The van der Waals surface area contributed by atoms with Gasteiger partial charge >= 0.3 is 0 Å². The second-order valence-corrected chi connectivity index (χ2v) is 7.69. The van der Waals surface area contributed by atoms with Gasteiger partial charge in [-0.3, -0.25) is 4.79 Å². The lowest BCUT2D eigenvalue weighted by Crippen LogP contribution is -2.12. The Labute approximate surface area is 168 Å². The van der Waals surface area contributed by atoms with Crippen LogP contribution < -0.4 is 5.32 Å². The topological polar surface area (TPSA) is 67.5 Å². The number of carbonyl (C=O) groups excluding carboxylic acids is 1. The Morgan fingerprint density at radius 3 is 2.89 bits per heavy atom. The van der Waals surface area contributed by atoms with Crippen molar-refractivity contribution in [1.82, 2.24) is 4.98 Å². The number of amides is 1. The van der Waals surface area contributed by atoms with Crippen LogP contribution in [0.3, 0.4) is 0 Å². The van der Waals surface area contributed by atoms with Crippen molar-refractivity contribution in [3.8, 4) is 0 Å². The number of carbonyl (C=O) groups is 1. The van der Waals surface area contributed by atoms with Gasteiger partial charge in [0.2, 0.25) is 0 Å². The zero-order valence-corrected chi connectivity index (χ0v) is 16.5. The van der Waals surface area contributed by atoms with Crippen LogP contribution in [-0.4, -0.2) is 16.6 Å². The van der Waals surface area contributed by atoms with Crippen LogP contribution in [0.2, 0.25) is 5.02 Å². The van der Waals surface area contributed by atoms with E-state index in [-0.39, 0.29) is 11.7 Å². The summed E-state index contributed by atoms with van der Waals surface area (Å²) in [6, 6.07) is 10.8. The van der Waals surface area contributed by atoms with Crippen molar-refractivity contribution < 1.29 is 9.21 Å². The highest BCUT2D eigenvalue weighted by Crippen LogP contribution is 2.31. The summed E-state index contributed by atoms with van der Waals surface area (Å²) < 4.78 is 5.13. The average molecular weight is 394 g/mol. The van der Waals surface area contributed by atoms with Crippen LogP contribution in [0.15, 0.2) is 58.3 Å². The van der Waals surface area contributed by atoms with E-state index in [1.807, 2.05) is 12.3 Å². The van der Waals surface area contributed by atoms with Gasteiger partial charge in [0.25, 0.3) is 5.91 Å². The lowest BCUT2D eigenvalue weighted by molar-refractivity contribution is 0.0996. The van der Waals surface area contributed by atoms with Crippen molar-refractivity contribution in [2.75, 3.05) is 5.32 Å². The van der Waals surface area contributed by atoms with Crippen molar-refractivity contribution in [3.05, 3.63) is 76.3 Å². The number of rotatable bonds is 5. The lowest BCUT2D eigenvalue weighted by atomic mass is 10.0. The molecule has 1 amide bonds. The maximum atomic E-state index is 12.2. The third kappa shape index (κ3) is 3.85. The summed E-state index contributed by atoms with van der Waals surface area (Å²) in [5, 5.41) is 3.41. The van der Waals surface area contributed by atoms with E-state index in [9.17, 15) is 4.79 Å². The second kappa shape index (κ2) is 7.60. The van der Waals surface area contributed by atoms with Gasteiger partial charge in [-0.2, -0.15) is 0 Å². The first-order valence-electron chi connectivity index (χ1n) is 9.19. The predicted molar refractivity (Wildman–Crippen MR) is 111 cm³/mol. The molecule has 1 aromatic carbocycles. The molecule has 3 heterocycles. The standard InChI is InChI=1S/C22H20ClN3O2/c1-13(2)8-14-9-15-10-19(26-21(15)24-12-14)17-11-16(5-6-18(17)23)25-22(27)20-4-3-7-28-20/h3-7,9,11-13H,8,10H2,1-2H3,(H,25,27). The number of furan rings is 1. The molecule has 0 fully saturated rings. The fourth-order valence-corrected chi connectivity index (χ4v) is 3.52. The Bertz CT molecular complexity index is 1060. The summed E-state index contributed by atoms with van der Waals surface area (Å²) in [5.74, 6) is 1.26. The maximum Gasteiger partial charge on any atom is 0.291 e. The quantitative estimate of drug-likeness (QED) is 0.626. The molecule has 1 aliphatic rings. The Morgan fingerprint density at radius 1 is 1.29 bits per heavy atom. The van der Waals surface area contributed by atoms with Gasteiger partial charge in [-0.25, -0.2) is 9.98 Å². The minimum absolute atomic E-state index is 0.254. The fraction of sp³-hybridized carbons (Fsp3) is 0.227. The molecule has 142 valence electrons. The molecule has 1 aliphatic heterocycles. The molecule has 0 aliphatic carbocycles. The van der Waals surface area contributed by atoms with Crippen LogP contribution in [0.5, 0.6) is 0 Å². The minimum atomic E-state index is -0.310. The van der Waals surface area contributed by atoms with Gasteiger partial charge < -0.3 is 9.73 Å². The monoisotopic (exact) mass is 393 g/mol. The molecule has 3 aromatic rings. The maximum absolute atomic E-state index is 12.2. The predicted octanol–water partition coefficient (Wildman–Crippen LogP) is 5.46. The highest BCUT2D eigenvalue weighted by atomic mass is 35.5. The van der Waals surface area contributed by atoms with E-state index in [4.69, 9.17) is 16.0 Å². The lowest BCUT2D eigenvalue weighted by Gasteiger charge is -2.09. The molecule has 0 radical (unpaired) electrons. The number of pyridine rings is 1. The molecule has 0 unspecified atom stereocenters. The van der Waals surface area contributed by atoms with Gasteiger partial charge in [0.15, 0.2) is 11.6 Å². The molecular formula is C22H20ClN3O2. The highest BCUT2D eigenvalue weighted by Gasteiger charge is 2.20. The van der Waals surface area contributed by atoms with Crippen LogP contribution in [0.1, 0.15) is 41.1 Å². The molecule has 6 heteroatoms. The van der Waals surface area contributed by atoms with Crippen molar-refractivity contribution >= 4 is 34.7 Å². The van der Waals surface area contributed by atoms with Crippen LogP contribution in [-0.2, 0) is 12.8 Å². The van der Waals surface area contributed by atoms with E-state index in [0.717, 1.165) is 29.1 Å². The van der Waals surface area contributed by atoms with Gasteiger partial charge in [0.05, 0.1) is 12.0 Å². The van der Waals surface area contributed by atoms with Gasteiger partial charge in [0.1, 0.15) is 0 Å². The average Bonchev–Trinajstić information content (AvgIpc) is 3.32. The van der Waals surface area contributed by atoms with E-state index in [1.54, 1.807) is 24.3 Å². The molecule has 28 heavy (non-hydrogen) atoms. The van der Waals surface area contributed by atoms with E-state index < -0.39 is 0 Å². The zero-order valence-electron chi connectivity index (χ0n) is 15.7. The van der Waals surface area contributed by atoms with Crippen LogP contribution in [0.4, 0.5) is 11.5 Å². The van der Waals surface area contributed by atoms with Crippen LogP contribution >= 0.6 is 11.6 Å². The first kappa shape index (κ1) is 18.4. The first-order chi connectivity index (χ1) is 13.5. The molecule has 1 N–H and O–H groups in total. The third-order valence-corrected chi connectivity index (χ3v) is 4.85. The largest absolute Gasteiger partial charge is 0.459 e. The molecular weight excluding hydrogens is 374 g/mol. The number of benzene rings is 1.